The first kappa shape index (κ1) is 21.7. The van der Waals surface area contributed by atoms with E-state index in [0.29, 0.717) is 18.8 Å². The Morgan fingerprint density at radius 3 is 2.46 bits per heavy atom. The van der Waals surface area contributed by atoms with Crippen LogP contribution in [-0.4, -0.2) is 44.0 Å². The first-order chi connectivity index (χ1) is 12.3. The molecule has 6 nitrogen and oxygen atoms in total. The molecule has 1 atom stereocenters. The van der Waals surface area contributed by atoms with Crippen molar-refractivity contribution in [3.8, 4) is 0 Å². The van der Waals surface area contributed by atoms with E-state index in [1.807, 2.05) is 51.1 Å². The Morgan fingerprint density at radius 2 is 1.88 bits per heavy atom. The molecule has 0 fully saturated rings. The van der Waals surface area contributed by atoms with Gasteiger partial charge < -0.3 is 19.5 Å². The van der Waals surface area contributed by atoms with Crippen LogP contribution < -0.4 is 5.32 Å². The third kappa shape index (κ3) is 7.27. The predicted octanol–water partition coefficient (Wildman–Crippen LogP) is 3.43. The Labute approximate surface area is 155 Å². The zero-order valence-electron chi connectivity index (χ0n) is 16.0. The monoisotopic (exact) mass is 363 g/mol. The van der Waals surface area contributed by atoms with Crippen LogP contribution in [0, 0.1) is 0 Å². The molecule has 144 valence electrons. The van der Waals surface area contributed by atoms with Gasteiger partial charge in [-0.1, -0.05) is 36.9 Å². The summed E-state index contributed by atoms with van der Waals surface area (Å²) in [5.41, 5.74) is 0.569. The van der Waals surface area contributed by atoms with Gasteiger partial charge in [0.25, 0.3) is 0 Å². The number of hydrogen-bond acceptors (Lipinski definition) is 5. The number of amides is 1. The molecular formula is C20H29NO5. The lowest BCUT2D eigenvalue weighted by Gasteiger charge is -2.34. The second kappa shape index (κ2) is 10.6. The van der Waals surface area contributed by atoms with Gasteiger partial charge in [-0.15, -0.1) is 0 Å². The predicted molar refractivity (Wildman–Crippen MR) is 100 cm³/mol. The van der Waals surface area contributed by atoms with E-state index in [4.69, 9.17) is 14.2 Å². The van der Waals surface area contributed by atoms with Crippen LogP contribution in [0.4, 0.5) is 4.79 Å². The second-order valence-corrected chi connectivity index (χ2v) is 6.46. The van der Waals surface area contributed by atoms with Crippen LogP contribution in [0.1, 0.15) is 39.2 Å². The van der Waals surface area contributed by atoms with Gasteiger partial charge >= 0.3 is 12.1 Å². The van der Waals surface area contributed by atoms with E-state index in [-0.39, 0.29) is 19.1 Å². The van der Waals surface area contributed by atoms with Crippen molar-refractivity contribution in [2.75, 3.05) is 26.4 Å². The van der Waals surface area contributed by atoms with Gasteiger partial charge in [0.2, 0.25) is 0 Å². The highest BCUT2D eigenvalue weighted by Crippen LogP contribution is 2.31. The fourth-order valence-corrected chi connectivity index (χ4v) is 2.39. The van der Waals surface area contributed by atoms with Crippen molar-refractivity contribution < 1.29 is 23.8 Å². The number of rotatable bonds is 10. The van der Waals surface area contributed by atoms with E-state index in [0.717, 1.165) is 5.56 Å². The Kier molecular flexibility index (Phi) is 8.85. The lowest BCUT2D eigenvalue weighted by molar-refractivity contribution is -0.138. The highest BCUT2D eigenvalue weighted by Gasteiger charge is 2.34. The van der Waals surface area contributed by atoms with Gasteiger partial charge in [0.15, 0.2) is 0 Å². The summed E-state index contributed by atoms with van der Waals surface area (Å²) < 4.78 is 16.1. The minimum Gasteiger partial charge on any atom is -0.460 e. The summed E-state index contributed by atoms with van der Waals surface area (Å²) >= 11 is 0. The highest BCUT2D eigenvalue weighted by atomic mass is 16.6. The highest BCUT2D eigenvalue weighted by molar-refractivity contribution is 5.86. The molecule has 6 heteroatoms. The van der Waals surface area contributed by atoms with Gasteiger partial charge in [-0.2, -0.15) is 0 Å². The topological polar surface area (TPSA) is 73.9 Å². The van der Waals surface area contributed by atoms with Crippen LogP contribution in [0.2, 0.25) is 0 Å². The summed E-state index contributed by atoms with van der Waals surface area (Å²) in [6.45, 7) is 11.9. The second-order valence-electron chi connectivity index (χ2n) is 6.46. The first-order valence-electron chi connectivity index (χ1n) is 8.70. The maximum absolute atomic E-state index is 12.1. The molecule has 1 aromatic carbocycles. The molecule has 0 spiro atoms. The van der Waals surface area contributed by atoms with Crippen LogP contribution >= 0.6 is 0 Å². The van der Waals surface area contributed by atoms with Gasteiger partial charge in [0, 0.05) is 18.1 Å². The molecule has 1 aromatic rings. The molecule has 1 rings (SSSR count). The Morgan fingerprint density at radius 1 is 1.23 bits per heavy atom. The van der Waals surface area contributed by atoms with Gasteiger partial charge in [0.1, 0.15) is 12.2 Å². The molecule has 0 aliphatic heterocycles. The van der Waals surface area contributed by atoms with E-state index < -0.39 is 17.7 Å². The molecule has 0 aromatic heterocycles. The molecule has 1 amide bonds. The molecule has 0 saturated carbocycles. The summed E-state index contributed by atoms with van der Waals surface area (Å²) in [6, 6.07) is 9.81. The number of carbonyl (C=O) groups excluding carboxylic acids is 2. The molecule has 1 N–H and O–H groups in total. The molecule has 0 bridgehead atoms. The van der Waals surface area contributed by atoms with E-state index in [1.165, 1.54) is 0 Å². The summed E-state index contributed by atoms with van der Waals surface area (Å²) in [5, 5.41) is 2.59. The molecule has 0 aliphatic carbocycles. The fraction of sp³-hybridized carbons (Fsp3) is 0.500. The van der Waals surface area contributed by atoms with Crippen molar-refractivity contribution in [1.29, 1.82) is 0 Å². The number of ether oxygens (including phenoxy) is 3. The number of carbonyl (C=O) groups is 2. The molecule has 0 heterocycles. The van der Waals surface area contributed by atoms with Crippen LogP contribution in [0.15, 0.2) is 42.5 Å². The number of alkyl carbamates (subject to hydrolysis) is 1. The zero-order valence-corrected chi connectivity index (χ0v) is 16.0. The zero-order chi connectivity index (χ0) is 19.6. The van der Waals surface area contributed by atoms with Crippen molar-refractivity contribution in [2.24, 2.45) is 0 Å². The Hall–Kier alpha value is -2.34. The van der Waals surface area contributed by atoms with Crippen molar-refractivity contribution in [3.05, 3.63) is 48.0 Å². The minimum atomic E-state index is -0.783. The molecule has 0 saturated heterocycles. The van der Waals surface area contributed by atoms with Gasteiger partial charge in [0.05, 0.1) is 13.2 Å². The minimum absolute atomic E-state index is 0.0578. The number of nitrogens with one attached hydrogen (secondary N) is 1. The van der Waals surface area contributed by atoms with Crippen molar-refractivity contribution >= 4 is 12.1 Å². The van der Waals surface area contributed by atoms with Crippen molar-refractivity contribution in [1.82, 2.24) is 5.32 Å². The molecule has 0 radical (unpaired) electrons. The smallest absolute Gasteiger partial charge is 0.407 e. The molecular weight excluding hydrogens is 334 g/mol. The average molecular weight is 363 g/mol. The fourth-order valence-electron chi connectivity index (χ4n) is 2.39. The maximum atomic E-state index is 12.1. The van der Waals surface area contributed by atoms with Crippen LogP contribution in [0.5, 0.6) is 0 Å². The van der Waals surface area contributed by atoms with E-state index in [1.54, 1.807) is 6.92 Å². The van der Waals surface area contributed by atoms with E-state index in [9.17, 15) is 9.59 Å². The summed E-state index contributed by atoms with van der Waals surface area (Å²) in [5.74, 6) is -0.600. The number of hydrogen-bond donors (Lipinski definition) is 1. The lowest BCUT2D eigenvalue weighted by Crippen LogP contribution is -2.41. The van der Waals surface area contributed by atoms with Crippen LogP contribution in [0.25, 0.3) is 0 Å². The number of esters is 1. The van der Waals surface area contributed by atoms with Crippen LogP contribution in [0.3, 0.4) is 0 Å². The lowest BCUT2D eigenvalue weighted by atomic mass is 9.85. The summed E-state index contributed by atoms with van der Waals surface area (Å²) in [6.07, 6.45) is -0.571. The quantitative estimate of drug-likeness (QED) is 0.392. The van der Waals surface area contributed by atoms with Crippen molar-refractivity contribution in [3.63, 3.8) is 0 Å². The van der Waals surface area contributed by atoms with E-state index in [2.05, 4.69) is 11.9 Å². The van der Waals surface area contributed by atoms with Gasteiger partial charge in [-0.3, -0.25) is 0 Å². The third-order valence-corrected chi connectivity index (χ3v) is 3.84. The molecule has 26 heavy (non-hydrogen) atoms. The summed E-state index contributed by atoms with van der Waals surface area (Å²) in [4.78, 5) is 23.4. The third-order valence-electron chi connectivity index (χ3n) is 3.84. The van der Waals surface area contributed by atoms with Crippen molar-refractivity contribution in [2.45, 2.75) is 39.2 Å². The molecule has 1 unspecified atom stereocenters. The van der Waals surface area contributed by atoms with Gasteiger partial charge in [-0.25, -0.2) is 9.59 Å². The Bertz CT molecular complexity index is 597. The van der Waals surface area contributed by atoms with Gasteiger partial charge in [-0.05, 0) is 33.3 Å². The summed E-state index contributed by atoms with van der Waals surface area (Å²) in [7, 11) is 0. The van der Waals surface area contributed by atoms with E-state index >= 15 is 0 Å². The van der Waals surface area contributed by atoms with Crippen LogP contribution in [-0.2, 0) is 19.0 Å². The molecule has 0 aliphatic rings. The Balaban J connectivity index is 2.61. The standard InChI is InChI=1S/C20H29NO5/c1-6-24-14-17(16-10-8-7-9-11-16)20(4,5)26-19(23)21-12-13-25-18(22)15(2)3/h7-11,17H,2,6,12-14H2,1,3-5H3,(H,21,23). The largest absolute Gasteiger partial charge is 0.460 e. The number of benzene rings is 1. The normalized spacial score (nSPS) is 12.2. The first-order valence-corrected chi connectivity index (χ1v) is 8.70. The maximum Gasteiger partial charge on any atom is 0.407 e. The SMILES string of the molecule is C=C(C)C(=O)OCCNC(=O)OC(C)(C)C(COCC)c1ccccc1. The average Bonchev–Trinajstić information content (AvgIpc) is 2.59.